The minimum atomic E-state index is -1.23. The van der Waals surface area contributed by atoms with E-state index in [0.717, 1.165) is 0 Å². The monoisotopic (exact) mass is 160 g/mol. The normalized spacial score (nSPS) is 10.2. The molecule has 0 fully saturated rings. The predicted molar refractivity (Wildman–Crippen MR) is 22.9 cm³/mol. The zero-order valence-electron chi connectivity index (χ0n) is 4.29. The van der Waals surface area contributed by atoms with E-state index in [-0.39, 0.29) is 22.8 Å². The van der Waals surface area contributed by atoms with Gasteiger partial charge >= 0.3 is 5.97 Å². The Morgan fingerprint density at radius 3 is 1.75 bits per heavy atom. The van der Waals surface area contributed by atoms with Crippen LogP contribution in [0.15, 0.2) is 0 Å². The number of hydrogen-bond donors (Lipinski definition) is 2. The van der Waals surface area contributed by atoms with Crippen LogP contribution in [0.2, 0.25) is 0 Å². The summed E-state index contributed by atoms with van der Waals surface area (Å²) < 4.78 is 0. The van der Waals surface area contributed by atoms with Crippen molar-refractivity contribution in [1.29, 1.82) is 0 Å². The fourth-order valence-corrected chi connectivity index (χ4v) is 0. The molecule has 50 valence electrons. The van der Waals surface area contributed by atoms with Crippen molar-refractivity contribution in [2.75, 3.05) is 0 Å². The van der Waals surface area contributed by atoms with Crippen molar-refractivity contribution in [1.82, 2.24) is 0 Å². The number of hydrogen-bond acceptors (Lipinski definition) is 2. The molecule has 0 amide bonds. The molecule has 5 heteroatoms. The Balaban J connectivity index is -0.000000125. The van der Waals surface area contributed by atoms with Crippen LogP contribution in [0, 0.1) is 0 Å². The number of carboxylic acid groups (broad SMARTS) is 1. The zero-order chi connectivity index (χ0) is 5.15. The van der Waals surface area contributed by atoms with Crippen molar-refractivity contribution >= 4 is 5.97 Å². The van der Waals surface area contributed by atoms with Crippen LogP contribution in [0.1, 0.15) is 6.92 Å². The molecular weight excluding hydrogens is 152 g/mol. The molecule has 0 aromatic heterocycles. The van der Waals surface area contributed by atoms with Crippen LogP contribution < -0.4 is 0 Å². The summed E-state index contributed by atoms with van der Waals surface area (Å²) in [5, 5.41) is 15.8. The summed E-state index contributed by atoms with van der Waals surface area (Å²) in [5.74, 6) is -1.19. The summed E-state index contributed by atoms with van der Waals surface area (Å²) >= 11 is 0. The van der Waals surface area contributed by atoms with Crippen molar-refractivity contribution in [2.24, 2.45) is 0 Å². The molecule has 0 aromatic rings. The maximum atomic E-state index is 9.45. The topological polar surface area (TPSA) is 89.0 Å². The van der Waals surface area contributed by atoms with Crippen molar-refractivity contribution in [3.05, 3.63) is 0 Å². The first kappa shape index (κ1) is 15.7. The SMILES string of the molecule is CC(O)C(=O)O.O.[Cr]. The smallest absolute Gasteiger partial charge is 0.332 e. The molecule has 1 unspecified atom stereocenters. The van der Waals surface area contributed by atoms with Crippen LogP contribution in [0.5, 0.6) is 0 Å². The predicted octanol–water partition coefficient (Wildman–Crippen LogP) is -1.38. The van der Waals surface area contributed by atoms with Crippen LogP contribution in [0.3, 0.4) is 0 Å². The van der Waals surface area contributed by atoms with Gasteiger partial charge in [-0.3, -0.25) is 0 Å². The first-order valence-corrected chi connectivity index (χ1v) is 1.55. The van der Waals surface area contributed by atoms with Gasteiger partial charge in [0.15, 0.2) is 0 Å². The number of aliphatic hydroxyl groups excluding tert-OH is 1. The minimum Gasteiger partial charge on any atom is -0.479 e. The molecule has 4 N–H and O–H groups in total. The standard InChI is InChI=1S/C3H6O3.Cr.H2O/c1-2(4)3(5)6;;/h2,4H,1H3,(H,5,6);;1H2. The van der Waals surface area contributed by atoms with Gasteiger partial charge in [-0.15, -0.1) is 0 Å². The molecular formula is C3H8CrO4. The van der Waals surface area contributed by atoms with E-state index in [4.69, 9.17) is 10.2 Å². The van der Waals surface area contributed by atoms with Crippen LogP contribution in [-0.4, -0.2) is 27.8 Å². The maximum absolute atomic E-state index is 9.45. The molecule has 8 heavy (non-hydrogen) atoms. The van der Waals surface area contributed by atoms with Gasteiger partial charge < -0.3 is 15.7 Å². The first-order chi connectivity index (χ1) is 2.64. The largest absolute Gasteiger partial charge is 0.479 e. The number of carboxylic acids is 1. The molecule has 0 saturated carbocycles. The molecule has 0 rings (SSSR count). The van der Waals surface area contributed by atoms with Crippen LogP contribution >= 0.6 is 0 Å². The number of aliphatic hydroxyl groups is 1. The molecule has 4 nitrogen and oxygen atoms in total. The fraction of sp³-hybridized carbons (Fsp3) is 0.667. The Morgan fingerprint density at radius 1 is 1.62 bits per heavy atom. The number of aliphatic carboxylic acids is 1. The van der Waals surface area contributed by atoms with Crippen molar-refractivity contribution in [3.8, 4) is 0 Å². The van der Waals surface area contributed by atoms with E-state index in [9.17, 15) is 4.79 Å². The Kier molecular flexibility index (Phi) is 13.6. The fourth-order valence-electron chi connectivity index (χ4n) is 0. The number of rotatable bonds is 1. The second kappa shape index (κ2) is 6.92. The average Bonchev–Trinajstić information content (AvgIpc) is 1.36. The average molecular weight is 160 g/mol. The van der Waals surface area contributed by atoms with Gasteiger partial charge in [0.05, 0.1) is 0 Å². The van der Waals surface area contributed by atoms with Gasteiger partial charge in [0, 0.05) is 17.4 Å². The summed E-state index contributed by atoms with van der Waals surface area (Å²) in [6.45, 7) is 1.20. The molecule has 0 spiro atoms. The van der Waals surface area contributed by atoms with Crippen LogP contribution in [0.25, 0.3) is 0 Å². The molecule has 0 aliphatic rings. The Bertz CT molecular complexity index is 62.3. The molecule has 0 radical (unpaired) electrons. The van der Waals surface area contributed by atoms with E-state index in [1.807, 2.05) is 0 Å². The second-order valence-corrected chi connectivity index (χ2v) is 1.01. The van der Waals surface area contributed by atoms with Crippen LogP contribution in [-0.2, 0) is 22.2 Å². The quantitative estimate of drug-likeness (QED) is 0.495. The van der Waals surface area contributed by atoms with E-state index >= 15 is 0 Å². The third-order valence-electron chi connectivity index (χ3n) is 0.357. The van der Waals surface area contributed by atoms with Crippen molar-refractivity contribution in [3.63, 3.8) is 0 Å². The van der Waals surface area contributed by atoms with Gasteiger partial charge in [-0.25, -0.2) is 4.79 Å². The molecule has 0 heterocycles. The maximum Gasteiger partial charge on any atom is 0.332 e. The summed E-state index contributed by atoms with van der Waals surface area (Å²) in [5.41, 5.74) is 0. The zero-order valence-corrected chi connectivity index (χ0v) is 5.56. The summed E-state index contributed by atoms with van der Waals surface area (Å²) in [4.78, 5) is 9.45. The van der Waals surface area contributed by atoms with Gasteiger partial charge in [-0.1, -0.05) is 0 Å². The van der Waals surface area contributed by atoms with Gasteiger partial charge in [0.1, 0.15) is 6.10 Å². The van der Waals surface area contributed by atoms with Gasteiger partial charge in [-0.05, 0) is 6.92 Å². The molecule has 0 saturated heterocycles. The summed E-state index contributed by atoms with van der Waals surface area (Å²) in [6.07, 6.45) is -1.23. The molecule has 0 aliphatic heterocycles. The third kappa shape index (κ3) is 9.33. The van der Waals surface area contributed by atoms with E-state index in [1.165, 1.54) is 6.92 Å². The Hall–Kier alpha value is -0.0775. The third-order valence-corrected chi connectivity index (χ3v) is 0.357. The first-order valence-electron chi connectivity index (χ1n) is 1.55. The molecule has 0 aliphatic carbocycles. The van der Waals surface area contributed by atoms with Gasteiger partial charge in [0.2, 0.25) is 0 Å². The summed E-state index contributed by atoms with van der Waals surface area (Å²) in [6, 6.07) is 0. The van der Waals surface area contributed by atoms with E-state index < -0.39 is 12.1 Å². The van der Waals surface area contributed by atoms with E-state index in [2.05, 4.69) is 0 Å². The van der Waals surface area contributed by atoms with Crippen LogP contribution in [0.4, 0.5) is 0 Å². The second-order valence-electron chi connectivity index (χ2n) is 1.01. The van der Waals surface area contributed by atoms with E-state index in [1.54, 1.807) is 0 Å². The van der Waals surface area contributed by atoms with E-state index in [0.29, 0.717) is 0 Å². The Labute approximate surface area is 57.6 Å². The Morgan fingerprint density at radius 2 is 1.75 bits per heavy atom. The molecule has 0 bridgehead atoms. The minimum absolute atomic E-state index is 0. The number of carbonyl (C=O) groups is 1. The van der Waals surface area contributed by atoms with Gasteiger partial charge in [-0.2, -0.15) is 0 Å². The van der Waals surface area contributed by atoms with Crippen molar-refractivity contribution < 1.29 is 37.8 Å². The summed E-state index contributed by atoms with van der Waals surface area (Å²) in [7, 11) is 0. The molecule has 0 aromatic carbocycles. The van der Waals surface area contributed by atoms with Gasteiger partial charge in [0.25, 0.3) is 0 Å². The molecule has 1 atom stereocenters. The van der Waals surface area contributed by atoms with Crippen molar-refractivity contribution in [2.45, 2.75) is 13.0 Å².